The summed E-state index contributed by atoms with van der Waals surface area (Å²) < 4.78 is 26.8. The molecule has 1 aromatic rings. The average molecular weight is 268 g/mol. The zero-order valence-electron chi connectivity index (χ0n) is 10.5. The second-order valence-corrected chi connectivity index (χ2v) is 4.32. The number of hydrogen-bond acceptors (Lipinski definition) is 3. The van der Waals surface area contributed by atoms with Crippen molar-refractivity contribution in [2.45, 2.75) is 13.3 Å². The molecular weight excluding hydrogens is 254 g/mol. The van der Waals surface area contributed by atoms with Crippen molar-refractivity contribution in [3.05, 3.63) is 29.3 Å². The molecule has 19 heavy (non-hydrogen) atoms. The van der Waals surface area contributed by atoms with E-state index in [1.807, 2.05) is 6.92 Å². The number of fused-ring (bicyclic) bond motifs is 1. The Morgan fingerprint density at radius 1 is 1.21 bits per heavy atom. The fraction of sp³-hybridized carbons (Fsp3) is 0.385. The molecule has 0 saturated carbocycles. The van der Waals surface area contributed by atoms with Crippen LogP contribution in [0.25, 0.3) is 0 Å². The van der Waals surface area contributed by atoms with Crippen molar-refractivity contribution in [1.82, 2.24) is 5.32 Å². The monoisotopic (exact) mass is 268 g/mol. The van der Waals surface area contributed by atoms with E-state index in [2.05, 4.69) is 5.32 Å². The first-order chi connectivity index (χ1) is 9.06. The molecule has 1 heterocycles. The molecule has 0 radical (unpaired) electrons. The fourth-order valence-corrected chi connectivity index (χ4v) is 2.06. The molecular formula is C13H14F2N2O2. The third kappa shape index (κ3) is 2.49. The molecule has 0 bridgehead atoms. The third-order valence-corrected chi connectivity index (χ3v) is 2.92. The molecule has 1 aromatic carbocycles. The Kier molecular flexibility index (Phi) is 3.90. The molecule has 1 aliphatic rings. The van der Waals surface area contributed by atoms with Gasteiger partial charge in [-0.25, -0.2) is 8.78 Å². The molecule has 0 atom stereocenters. The van der Waals surface area contributed by atoms with Gasteiger partial charge in [-0.3, -0.25) is 9.59 Å². The Balaban J connectivity index is 2.23. The first-order valence-electron chi connectivity index (χ1n) is 6.12. The van der Waals surface area contributed by atoms with Crippen LogP contribution in [0.5, 0.6) is 0 Å². The van der Waals surface area contributed by atoms with E-state index in [-0.39, 0.29) is 17.8 Å². The SMILES string of the molecule is CCCNCCN1C(=O)C(=O)c2cc(F)cc(F)c21. The zero-order chi connectivity index (χ0) is 14.0. The summed E-state index contributed by atoms with van der Waals surface area (Å²) in [5.74, 6) is -3.41. The molecule has 6 heteroatoms. The second kappa shape index (κ2) is 5.44. The topological polar surface area (TPSA) is 49.4 Å². The van der Waals surface area contributed by atoms with Gasteiger partial charge in [-0.05, 0) is 19.0 Å². The van der Waals surface area contributed by atoms with Gasteiger partial charge in [-0.15, -0.1) is 0 Å². The van der Waals surface area contributed by atoms with Gasteiger partial charge < -0.3 is 10.2 Å². The Morgan fingerprint density at radius 3 is 2.63 bits per heavy atom. The van der Waals surface area contributed by atoms with Crippen LogP contribution in [0.2, 0.25) is 0 Å². The summed E-state index contributed by atoms with van der Waals surface area (Å²) in [4.78, 5) is 24.5. The van der Waals surface area contributed by atoms with Gasteiger partial charge in [0.05, 0.1) is 11.3 Å². The highest BCUT2D eigenvalue weighted by Crippen LogP contribution is 2.32. The summed E-state index contributed by atoms with van der Waals surface area (Å²) in [5, 5.41) is 3.06. The van der Waals surface area contributed by atoms with E-state index in [0.29, 0.717) is 12.6 Å². The summed E-state index contributed by atoms with van der Waals surface area (Å²) in [7, 11) is 0. The van der Waals surface area contributed by atoms with E-state index in [0.717, 1.165) is 23.9 Å². The summed E-state index contributed by atoms with van der Waals surface area (Å²) in [5.41, 5.74) is -0.312. The van der Waals surface area contributed by atoms with Crippen molar-refractivity contribution in [2.24, 2.45) is 0 Å². The lowest BCUT2D eigenvalue weighted by atomic mass is 10.1. The Bertz CT molecular complexity index is 532. The maximum atomic E-state index is 13.7. The normalized spacial score (nSPS) is 14.2. The highest BCUT2D eigenvalue weighted by molar-refractivity contribution is 6.52. The van der Waals surface area contributed by atoms with Crippen LogP contribution in [0.3, 0.4) is 0 Å². The van der Waals surface area contributed by atoms with Crippen LogP contribution in [-0.4, -0.2) is 31.3 Å². The van der Waals surface area contributed by atoms with Gasteiger partial charge in [0.2, 0.25) is 0 Å². The number of carbonyl (C=O) groups excluding carboxylic acids is 2. The maximum Gasteiger partial charge on any atom is 0.299 e. The number of nitrogens with zero attached hydrogens (tertiary/aromatic N) is 1. The first kappa shape index (κ1) is 13.6. The summed E-state index contributed by atoms with van der Waals surface area (Å²) in [6, 6.07) is 1.58. The van der Waals surface area contributed by atoms with E-state index in [9.17, 15) is 18.4 Å². The lowest BCUT2D eigenvalue weighted by Crippen LogP contribution is -2.36. The molecule has 2 rings (SSSR count). The Morgan fingerprint density at radius 2 is 1.95 bits per heavy atom. The molecule has 0 saturated heterocycles. The fourth-order valence-electron chi connectivity index (χ4n) is 2.06. The average Bonchev–Trinajstić information content (AvgIpc) is 2.60. The number of nitrogens with one attached hydrogen (secondary N) is 1. The smallest absolute Gasteiger partial charge is 0.299 e. The predicted molar refractivity (Wildman–Crippen MR) is 66.2 cm³/mol. The van der Waals surface area contributed by atoms with E-state index in [1.165, 1.54) is 0 Å². The Labute approximate surface area is 109 Å². The predicted octanol–water partition coefficient (Wildman–Crippen LogP) is 1.49. The lowest BCUT2D eigenvalue weighted by Gasteiger charge is -2.17. The molecule has 1 amide bonds. The molecule has 0 unspecified atom stereocenters. The van der Waals surface area contributed by atoms with Gasteiger partial charge in [0.1, 0.15) is 5.82 Å². The van der Waals surface area contributed by atoms with Gasteiger partial charge in [0, 0.05) is 19.2 Å². The van der Waals surface area contributed by atoms with Crippen molar-refractivity contribution in [3.63, 3.8) is 0 Å². The number of halogens is 2. The number of ketones is 1. The van der Waals surface area contributed by atoms with Crippen LogP contribution in [0, 0.1) is 11.6 Å². The number of carbonyl (C=O) groups is 2. The number of benzene rings is 1. The molecule has 0 fully saturated rings. The van der Waals surface area contributed by atoms with Crippen molar-refractivity contribution in [2.75, 3.05) is 24.5 Å². The second-order valence-electron chi connectivity index (χ2n) is 4.32. The molecule has 1 N–H and O–H groups in total. The maximum absolute atomic E-state index is 13.7. The van der Waals surface area contributed by atoms with E-state index in [4.69, 9.17) is 0 Å². The third-order valence-electron chi connectivity index (χ3n) is 2.92. The minimum absolute atomic E-state index is 0.116. The largest absolute Gasteiger partial charge is 0.315 e. The number of anilines is 1. The van der Waals surface area contributed by atoms with Crippen LogP contribution in [0.4, 0.5) is 14.5 Å². The van der Waals surface area contributed by atoms with Crippen LogP contribution in [0.1, 0.15) is 23.7 Å². The van der Waals surface area contributed by atoms with Crippen LogP contribution in [-0.2, 0) is 4.79 Å². The summed E-state index contributed by atoms with van der Waals surface area (Å²) in [6.45, 7) is 3.40. The Hall–Kier alpha value is -1.82. The van der Waals surface area contributed by atoms with Crippen molar-refractivity contribution in [1.29, 1.82) is 0 Å². The first-order valence-corrected chi connectivity index (χ1v) is 6.12. The standard InChI is InChI=1S/C13H14F2N2O2/c1-2-3-16-4-5-17-11-9(12(18)13(17)19)6-8(14)7-10(11)15/h6-7,16H,2-5H2,1H3. The molecule has 0 aromatic heterocycles. The zero-order valence-corrected chi connectivity index (χ0v) is 10.5. The molecule has 0 aliphatic carbocycles. The van der Waals surface area contributed by atoms with Crippen molar-refractivity contribution in [3.8, 4) is 0 Å². The lowest BCUT2D eigenvalue weighted by molar-refractivity contribution is -0.114. The van der Waals surface area contributed by atoms with Crippen molar-refractivity contribution >= 4 is 17.4 Å². The van der Waals surface area contributed by atoms with Crippen molar-refractivity contribution < 1.29 is 18.4 Å². The molecule has 102 valence electrons. The summed E-state index contributed by atoms with van der Waals surface area (Å²) in [6.07, 6.45) is 0.934. The summed E-state index contributed by atoms with van der Waals surface area (Å²) >= 11 is 0. The van der Waals surface area contributed by atoms with Crippen LogP contribution in [0.15, 0.2) is 12.1 Å². The quantitative estimate of drug-likeness (QED) is 0.650. The number of hydrogen-bond donors (Lipinski definition) is 1. The minimum atomic E-state index is -0.885. The van der Waals surface area contributed by atoms with Gasteiger partial charge in [0.15, 0.2) is 5.82 Å². The van der Waals surface area contributed by atoms with Gasteiger partial charge in [-0.1, -0.05) is 6.92 Å². The highest BCUT2D eigenvalue weighted by atomic mass is 19.1. The van der Waals surface area contributed by atoms with Crippen LogP contribution < -0.4 is 10.2 Å². The van der Waals surface area contributed by atoms with E-state index in [1.54, 1.807) is 0 Å². The molecule has 1 aliphatic heterocycles. The minimum Gasteiger partial charge on any atom is -0.315 e. The van der Waals surface area contributed by atoms with Gasteiger partial charge >= 0.3 is 0 Å². The van der Waals surface area contributed by atoms with Gasteiger partial charge in [-0.2, -0.15) is 0 Å². The van der Waals surface area contributed by atoms with Gasteiger partial charge in [0.25, 0.3) is 11.7 Å². The van der Waals surface area contributed by atoms with Crippen LogP contribution >= 0.6 is 0 Å². The molecule has 4 nitrogen and oxygen atoms in total. The van der Waals surface area contributed by atoms with E-state index < -0.39 is 23.3 Å². The number of rotatable bonds is 5. The molecule has 0 spiro atoms. The number of amides is 1. The highest BCUT2D eigenvalue weighted by Gasteiger charge is 2.38. The van der Waals surface area contributed by atoms with E-state index >= 15 is 0 Å². The number of Topliss-reactive ketones (excluding diaryl/α,β-unsaturated/α-hetero) is 1.